The van der Waals surface area contributed by atoms with E-state index in [2.05, 4.69) is 21.6 Å². The molecule has 4 rings (SSSR count). The van der Waals surface area contributed by atoms with E-state index in [1.54, 1.807) is 30.3 Å². The van der Waals surface area contributed by atoms with Gasteiger partial charge in [0.2, 0.25) is 0 Å². The summed E-state index contributed by atoms with van der Waals surface area (Å²) >= 11 is 0. The molecule has 216 valence electrons. The Labute approximate surface area is 226 Å². The molecule has 13 heteroatoms. The summed E-state index contributed by atoms with van der Waals surface area (Å²) in [6.07, 6.45) is -9.38. The molecule has 1 aliphatic rings. The number of nitrogens with one attached hydrogen (secondary N) is 2. The Bertz CT molecular complexity index is 1330. The van der Waals surface area contributed by atoms with Crippen LogP contribution in [0.1, 0.15) is 62.0 Å². The fraction of sp³-hybridized carbons (Fsp3) is 0.444. The number of H-pyrrole nitrogens is 1. The third-order valence-electron chi connectivity index (χ3n) is 6.89. The van der Waals surface area contributed by atoms with Crippen molar-refractivity contribution in [2.45, 2.75) is 63.1 Å². The Morgan fingerprint density at radius 2 is 1.65 bits per heavy atom. The number of aromatic nitrogens is 3. The molecule has 3 atom stereocenters. The summed E-state index contributed by atoms with van der Waals surface area (Å²) in [6.45, 7) is 5.26. The maximum absolute atomic E-state index is 13.3. The van der Waals surface area contributed by atoms with Crippen molar-refractivity contribution in [3.8, 4) is 6.07 Å². The van der Waals surface area contributed by atoms with E-state index in [-0.39, 0.29) is 37.6 Å². The van der Waals surface area contributed by atoms with Crippen LogP contribution in [-0.2, 0) is 28.2 Å². The quantitative estimate of drug-likeness (QED) is 0.360. The first kappa shape index (κ1) is 30.9. The third-order valence-corrected chi connectivity index (χ3v) is 6.89. The predicted octanol–water partition coefficient (Wildman–Crippen LogP) is 5.91. The zero-order valence-electron chi connectivity index (χ0n) is 22.0. The number of halogens is 6. The summed E-state index contributed by atoms with van der Waals surface area (Å²) in [5.74, 6) is 0. The second kappa shape index (κ2) is 11.9. The van der Waals surface area contributed by atoms with Gasteiger partial charge in [0.1, 0.15) is 11.9 Å². The van der Waals surface area contributed by atoms with Crippen LogP contribution in [0.25, 0.3) is 0 Å². The molecular weight excluding hydrogens is 540 g/mol. The third kappa shape index (κ3) is 6.39. The minimum atomic E-state index is -4.97. The van der Waals surface area contributed by atoms with Crippen molar-refractivity contribution < 1.29 is 31.1 Å². The number of piperidine rings is 1. The summed E-state index contributed by atoms with van der Waals surface area (Å²) in [4.78, 5) is 12.2. The highest BCUT2D eigenvalue weighted by Gasteiger charge is 2.46. The van der Waals surface area contributed by atoms with Gasteiger partial charge in [-0.05, 0) is 49.1 Å². The van der Waals surface area contributed by atoms with Gasteiger partial charge < -0.3 is 10.1 Å². The molecule has 2 aromatic carbocycles. The van der Waals surface area contributed by atoms with Crippen molar-refractivity contribution in [3.05, 3.63) is 87.6 Å². The number of alkyl halides is 6. The van der Waals surface area contributed by atoms with Gasteiger partial charge in [-0.25, -0.2) is 9.89 Å². The van der Waals surface area contributed by atoms with Crippen LogP contribution in [-0.4, -0.2) is 27.9 Å². The van der Waals surface area contributed by atoms with Crippen molar-refractivity contribution in [3.63, 3.8) is 0 Å². The van der Waals surface area contributed by atoms with E-state index in [0.29, 0.717) is 12.1 Å². The van der Waals surface area contributed by atoms with E-state index in [9.17, 15) is 36.4 Å². The van der Waals surface area contributed by atoms with Crippen LogP contribution in [0, 0.1) is 11.3 Å². The van der Waals surface area contributed by atoms with E-state index >= 15 is 0 Å². The number of hydrogen-bond acceptors (Lipinski definition) is 5. The zero-order valence-corrected chi connectivity index (χ0v) is 22.0. The standard InChI is InChI=1S/C25H23F6N5O2.C2H6/c1-16(17-9-19(24(26,27)28)11-20(10-17)25(29,30)31)38-14-23(18-5-3-2-4-6-18)8-7-22(12-32,13-33-23)36-15-34-35-21(36)37;1-2/h2-6,9-11,15-16,33H,7-8,13-14H2,1H3,(H,35,37);1-2H3/t16-,22-,23-;/m1./s1. The summed E-state index contributed by atoms with van der Waals surface area (Å²) in [6, 6.07) is 12.5. The molecule has 0 aliphatic carbocycles. The molecule has 0 spiro atoms. The maximum atomic E-state index is 13.3. The average molecular weight is 570 g/mol. The smallest absolute Gasteiger partial charge is 0.372 e. The van der Waals surface area contributed by atoms with Crippen LogP contribution >= 0.6 is 0 Å². The molecule has 40 heavy (non-hydrogen) atoms. The fourth-order valence-electron chi connectivity index (χ4n) is 4.61. The van der Waals surface area contributed by atoms with Crippen molar-refractivity contribution in [1.29, 1.82) is 5.26 Å². The SMILES string of the molecule is CC.C[C@@H](OC[C@@]1(c2ccccc2)CC[C@](C#N)(n2cn[nH]c2=O)CN1)c1cc(C(F)(F)F)cc(C(F)(F)F)c1. The predicted molar refractivity (Wildman–Crippen MR) is 134 cm³/mol. The Hall–Kier alpha value is -3.63. The number of ether oxygens (including phenoxy) is 1. The van der Waals surface area contributed by atoms with Crippen LogP contribution in [0.2, 0.25) is 0 Å². The first-order chi connectivity index (χ1) is 18.8. The molecule has 0 bridgehead atoms. The minimum Gasteiger partial charge on any atom is -0.372 e. The Balaban J connectivity index is 0.00000216. The van der Waals surface area contributed by atoms with Crippen molar-refractivity contribution in [2.24, 2.45) is 0 Å². The summed E-state index contributed by atoms with van der Waals surface area (Å²) in [5, 5.41) is 19.1. The first-order valence-electron chi connectivity index (χ1n) is 12.5. The maximum Gasteiger partial charge on any atom is 0.416 e. The number of nitriles is 1. The summed E-state index contributed by atoms with van der Waals surface area (Å²) < 4.78 is 87.1. The van der Waals surface area contributed by atoms with E-state index < -0.39 is 46.4 Å². The molecule has 7 nitrogen and oxygen atoms in total. The van der Waals surface area contributed by atoms with E-state index in [4.69, 9.17) is 4.74 Å². The number of nitrogens with zero attached hydrogens (tertiary/aromatic N) is 3. The number of benzene rings is 2. The summed E-state index contributed by atoms with van der Waals surface area (Å²) in [7, 11) is 0. The van der Waals surface area contributed by atoms with Gasteiger partial charge in [-0.2, -0.15) is 36.7 Å². The lowest BCUT2D eigenvalue weighted by Gasteiger charge is -2.45. The normalized spacial score (nSPS) is 22.1. The van der Waals surface area contributed by atoms with Crippen LogP contribution < -0.4 is 11.0 Å². The van der Waals surface area contributed by atoms with Crippen LogP contribution in [0.3, 0.4) is 0 Å². The van der Waals surface area contributed by atoms with E-state index in [1.165, 1.54) is 17.8 Å². The molecule has 2 N–H and O–H groups in total. The molecule has 1 aromatic heterocycles. The highest BCUT2D eigenvalue weighted by Crippen LogP contribution is 2.40. The Morgan fingerprint density at radius 1 is 1.05 bits per heavy atom. The van der Waals surface area contributed by atoms with Gasteiger partial charge in [0.25, 0.3) is 0 Å². The van der Waals surface area contributed by atoms with Crippen LogP contribution in [0.5, 0.6) is 0 Å². The monoisotopic (exact) mass is 569 g/mol. The van der Waals surface area contributed by atoms with Crippen molar-refractivity contribution in [1.82, 2.24) is 20.1 Å². The van der Waals surface area contributed by atoms with Crippen molar-refractivity contribution in [2.75, 3.05) is 13.2 Å². The topological polar surface area (TPSA) is 95.7 Å². The van der Waals surface area contributed by atoms with Gasteiger partial charge in [-0.1, -0.05) is 44.2 Å². The second-order valence-corrected chi connectivity index (χ2v) is 9.27. The number of hydrogen-bond donors (Lipinski definition) is 2. The minimum absolute atomic E-state index is 0.0113. The highest BCUT2D eigenvalue weighted by atomic mass is 19.4. The molecule has 0 radical (unpaired) electrons. The lowest BCUT2D eigenvalue weighted by molar-refractivity contribution is -0.143. The lowest BCUT2D eigenvalue weighted by Crippen LogP contribution is -2.59. The van der Waals surface area contributed by atoms with Gasteiger partial charge in [0, 0.05) is 6.54 Å². The molecule has 1 saturated heterocycles. The average Bonchev–Trinajstić information content (AvgIpc) is 3.39. The lowest BCUT2D eigenvalue weighted by atomic mass is 9.76. The fourth-order valence-corrected chi connectivity index (χ4v) is 4.61. The molecule has 0 saturated carbocycles. The Morgan fingerprint density at radius 3 is 2.10 bits per heavy atom. The molecule has 1 aliphatic heterocycles. The van der Waals surface area contributed by atoms with Gasteiger partial charge in [-0.15, -0.1) is 0 Å². The number of aromatic amines is 1. The van der Waals surface area contributed by atoms with Gasteiger partial charge in [0.05, 0.1) is 35.4 Å². The van der Waals surface area contributed by atoms with E-state index in [1.807, 2.05) is 13.8 Å². The molecule has 1 fully saturated rings. The second-order valence-electron chi connectivity index (χ2n) is 9.27. The molecular formula is C27H29F6N5O2. The van der Waals surface area contributed by atoms with Gasteiger partial charge >= 0.3 is 18.0 Å². The Kier molecular flexibility index (Phi) is 9.16. The van der Waals surface area contributed by atoms with Crippen LogP contribution in [0.15, 0.2) is 59.7 Å². The highest BCUT2D eigenvalue weighted by molar-refractivity contribution is 5.35. The summed E-state index contributed by atoms with van der Waals surface area (Å²) in [5.41, 5.74) is -5.11. The first-order valence-corrected chi connectivity index (χ1v) is 12.5. The van der Waals surface area contributed by atoms with Crippen LogP contribution in [0.4, 0.5) is 26.3 Å². The molecule has 0 amide bonds. The van der Waals surface area contributed by atoms with Gasteiger partial charge in [-0.3, -0.25) is 4.57 Å². The molecule has 2 heterocycles. The molecule has 3 aromatic rings. The number of rotatable bonds is 6. The van der Waals surface area contributed by atoms with Crippen molar-refractivity contribution >= 4 is 0 Å². The molecule has 0 unspecified atom stereocenters. The van der Waals surface area contributed by atoms with E-state index in [0.717, 1.165) is 5.56 Å². The zero-order chi connectivity index (χ0) is 29.8. The largest absolute Gasteiger partial charge is 0.416 e. The van der Waals surface area contributed by atoms with Gasteiger partial charge in [0.15, 0.2) is 0 Å².